The first-order valence-corrected chi connectivity index (χ1v) is 8.74. The normalized spacial score (nSPS) is 26.1. The number of nitrogens with zero attached hydrogens (tertiary/aromatic N) is 1. The smallest absolute Gasteiger partial charge is 0.325 e. The predicted molar refractivity (Wildman–Crippen MR) is 93.9 cm³/mol. The summed E-state index contributed by atoms with van der Waals surface area (Å²) in [5, 5.41) is 3.53. The molecule has 1 saturated carbocycles. The van der Waals surface area contributed by atoms with E-state index < -0.39 is 0 Å². The molecule has 1 fully saturated rings. The molecule has 1 aromatic carbocycles. The number of anilines is 2. The molecule has 1 aromatic rings. The number of fused-ring (bicyclic) bond motifs is 1. The van der Waals surface area contributed by atoms with Crippen LogP contribution >= 0.6 is 0 Å². The van der Waals surface area contributed by atoms with Gasteiger partial charge in [0, 0.05) is 12.1 Å². The number of rotatable bonds is 3. The molecule has 126 valence electrons. The van der Waals surface area contributed by atoms with E-state index in [1.54, 1.807) is 0 Å². The van der Waals surface area contributed by atoms with Crippen molar-refractivity contribution in [2.75, 3.05) is 23.3 Å². The summed E-state index contributed by atoms with van der Waals surface area (Å²) in [6, 6.07) is 8.16. The van der Waals surface area contributed by atoms with Crippen LogP contribution in [0.4, 0.5) is 11.4 Å². The lowest BCUT2D eigenvalue weighted by atomic mass is 9.89. The van der Waals surface area contributed by atoms with Crippen LogP contribution in [0.1, 0.15) is 46.5 Å². The van der Waals surface area contributed by atoms with Crippen LogP contribution in [0.3, 0.4) is 0 Å². The van der Waals surface area contributed by atoms with E-state index in [-0.39, 0.29) is 17.6 Å². The highest BCUT2D eigenvalue weighted by Crippen LogP contribution is 2.34. The fourth-order valence-corrected chi connectivity index (χ4v) is 3.69. The Balaban J connectivity index is 1.64. The van der Waals surface area contributed by atoms with Crippen LogP contribution in [0.15, 0.2) is 24.3 Å². The summed E-state index contributed by atoms with van der Waals surface area (Å²) in [5.41, 5.74) is 2.11. The molecule has 4 heteroatoms. The molecule has 0 bridgehead atoms. The van der Waals surface area contributed by atoms with Crippen LogP contribution in [-0.2, 0) is 9.53 Å². The zero-order chi connectivity index (χ0) is 16.4. The fourth-order valence-electron chi connectivity index (χ4n) is 3.69. The molecular formula is C19H28N2O2. The number of carbonyl (C=O) groups excluding carboxylic acids is 1. The first kappa shape index (κ1) is 16.2. The van der Waals surface area contributed by atoms with E-state index in [4.69, 9.17) is 4.74 Å². The topological polar surface area (TPSA) is 41.6 Å². The molecule has 4 nitrogen and oxygen atoms in total. The zero-order valence-corrected chi connectivity index (χ0v) is 14.5. The second-order valence-electron chi connectivity index (χ2n) is 7.75. The molecule has 0 aromatic heterocycles. The van der Waals surface area contributed by atoms with Crippen LogP contribution < -0.4 is 10.2 Å². The number of para-hydroxylation sites is 2. The first-order valence-electron chi connectivity index (χ1n) is 8.74. The molecule has 0 spiro atoms. The lowest BCUT2D eigenvalue weighted by molar-refractivity contribution is -0.149. The average Bonchev–Trinajstić information content (AvgIpc) is 2.48. The van der Waals surface area contributed by atoms with Crippen LogP contribution in [0.5, 0.6) is 0 Å². The number of nitrogens with one attached hydrogen (secondary N) is 1. The molecule has 0 unspecified atom stereocenters. The maximum absolute atomic E-state index is 12.4. The summed E-state index contributed by atoms with van der Waals surface area (Å²) in [6.07, 6.45) is 4.47. The summed E-state index contributed by atoms with van der Waals surface area (Å²) in [4.78, 5) is 14.5. The number of carbonyl (C=O) groups is 1. The third-order valence-corrected chi connectivity index (χ3v) is 4.88. The van der Waals surface area contributed by atoms with Gasteiger partial charge in [0.25, 0.3) is 0 Å². The average molecular weight is 316 g/mol. The van der Waals surface area contributed by atoms with E-state index >= 15 is 0 Å². The number of esters is 1. The molecule has 2 aliphatic rings. The van der Waals surface area contributed by atoms with Crippen molar-refractivity contribution >= 4 is 17.3 Å². The minimum absolute atomic E-state index is 0.0606. The van der Waals surface area contributed by atoms with Gasteiger partial charge in [-0.3, -0.25) is 4.79 Å². The minimum atomic E-state index is -0.0999. The summed E-state index contributed by atoms with van der Waals surface area (Å²) >= 11 is 0. The maximum Gasteiger partial charge on any atom is 0.325 e. The Hall–Kier alpha value is -1.71. The SMILES string of the molecule is CC1CCC(OC(=O)CN2CC(C)(C)Nc3ccccc32)CC1. The second kappa shape index (κ2) is 6.42. The van der Waals surface area contributed by atoms with Gasteiger partial charge in [0.15, 0.2) is 0 Å². The number of hydrogen-bond donors (Lipinski definition) is 1. The van der Waals surface area contributed by atoms with Gasteiger partial charge in [-0.2, -0.15) is 0 Å². The van der Waals surface area contributed by atoms with Gasteiger partial charge in [-0.1, -0.05) is 19.1 Å². The van der Waals surface area contributed by atoms with Gasteiger partial charge in [0.1, 0.15) is 12.6 Å². The zero-order valence-electron chi connectivity index (χ0n) is 14.5. The summed E-state index contributed by atoms with van der Waals surface area (Å²) in [7, 11) is 0. The van der Waals surface area contributed by atoms with Crippen molar-refractivity contribution in [1.29, 1.82) is 0 Å². The summed E-state index contributed by atoms with van der Waals surface area (Å²) < 4.78 is 5.72. The van der Waals surface area contributed by atoms with Crippen molar-refractivity contribution in [3.63, 3.8) is 0 Å². The Morgan fingerprint density at radius 1 is 1.26 bits per heavy atom. The first-order chi connectivity index (χ1) is 10.9. The van der Waals surface area contributed by atoms with Crippen LogP contribution in [0, 0.1) is 5.92 Å². The van der Waals surface area contributed by atoms with Gasteiger partial charge in [-0.05, 0) is 57.6 Å². The van der Waals surface area contributed by atoms with Gasteiger partial charge >= 0.3 is 5.97 Å². The van der Waals surface area contributed by atoms with E-state index in [1.807, 2.05) is 12.1 Å². The fraction of sp³-hybridized carbons (Fsp3) is 0.632. The van der Waals surface area contributed by atoms with E-state index in [1.165, 1.54) is 12.8 Å². The number of benzene rings is 1. The van der Waals surface area contributed by atoms with Crippen molar-refractivity contribution < 1.29 is 9.53 Å². The summed E-state index contributed by atoms with van der Waals surface area (Å²) in [5.74, 6) is 0.669. The largest absolute Gasteiger partial charge is 0.461 e. The van der Waals surface area contributed by atoms with Crippen molar-refractivity contribution in [3.8, 4) is 0 Å². The number of ether oxygens (including phenoxy) is 1. The second-order valence-corrected chi connectivity index (χ2v) is 7.75. The van der Waals surface area contributed by atoms with Crippen molar-refractivity contribution in [2.24, 2.45) is 5.92 Å². The van der Waals surface area contributed by atoms with Crippen molar-refractivity contribution in [1.82, 2.24) is 0 Å². The van der Waals surface area contributed by atoms with Gasteiger partial charge < -0.3 is 15.0 Å². The molecule has 1 aliphatic heterocycles. The molecule has 0 atom stereocenters. The lowest BCUT2D eigenvalue weighted by Gasteiger charge is -2.41. The van der Waals surface area contributed by atoms with Gasteiger partial charge in [-0.25, -0.2) is 0 Å². The molecule has 0 amide bonds. The lowest BCUT2D eigenvalue weighted by Crippen LogP contribution is -2.50. The van der Waals surface area contributed by atoms with Gasteiger partial charge in [-0.15, -0.1) is 0 Å². The van der Waals surface area contributed by atoms with Gasteiger partial charge in [0.05, 0.1) is 11.4 Å². The van der Waals surface area contributed by atoms with Crippen molar-refractivity contribution in [3.05, 3.63) is 24.3 Å². The molecule has 1 aliphatic carbocycles. The molecule has 1 N–H and O–H groups in total. The molecular weight excluding hydrogens is 288 g/mol. The Labute approximate surface area is 139 Å². The monoisotopic (exact) mass is 316 g/mol. The van der Waals surface area contributed by atoms with E-state index in [2.05, 4.69) is 43.1 Å². The minimum Gasteiger partial charge on any atom is -0.461 e. The molecule has 3 rings (SSSR count). The Morgan fingerprint density at radius 3 is 2.70 bits per heavy atom. The predicted octanol–water partition coefficient (Wildman–Crippen LogP) is 3.82. The highest BCUT2D eigenvalue weighted by atomic mass is 16.5. The van der Waals surface area contributed by atoms with E-state index in [9.17, 15) is 4.79 Å². The van der Waals surface area contributed by atoms with Crippen LogP contribution in [0.25, 0.3) is 0 Å². The molecule has 1 heterocycles. The van der Waals surface area contributed by atoms with Crippen LogP contribution in [-0.4, -0.2) is 30.7 Å². The Kier molecular flexibility index (Phi) is 4.51. The standard InChI is InChI=1S/C19H28N2O2/c1-14-8-10-15(11-9-14)23-18(22)12-21-13-19(2,3)20-16-6-4-5-7-17(16)21/h4-7,14-15,20H,8-13H2,1-3H3. The Bertz CT molecular complexity index is 562. The van der Waals surface area contributed by atoms with E-state index in [0.717, 1.165) is 36.7 Å². The quantitative estimate of drug-likeness (QED) is 0.861. The third-order valence-electron chi connectivity index (χ3n) is 4.88. The van der Waals surface area contributed by atoms with E-state index in [0.29, 0.717) is 6.54 Å². The summed E-state index contributed by atoms with van der Waals surface area (Å²) in [6.45, 7) is 7.71. The number of hydrogen-bond acceptors (Lipinski definition) is 4. The van der Waals surface area contributed by atoms with Crippen LogP contribution in [0.2, 0.25) is 0 Å². The third kappa shape index (κ3) is 3.98. The molecule has 0 radical (unpaired) electrons. The van der Waals surface area contributed by atoms with Crippen molar-refractivity contribution in [2.45, 2.75) is 58.1 Å². The highest BCUT2D eigenvalue weighted by Gasteiger charge is 2.31. The molecule has 0 saturated heterocycles. The molecule has 23 heavy (non-hydrogen) atoms. The highest BCUT2D eigenvalue weighted by molar-refractivity contribution is 5.81. The van der Waals surface area contributed by atoms with Gasteiger partial charge in [0.2, 0.25) is 0 Å². The Morgan fingerprint density at radius 2 is 1.96 bits per heavy atom. The maximum atomic E-state index is 12.4.